The quantitative estimate of drug-likeness (QED) is 0.609. The highest BCUT2D eigenvalue weighted by molar-refractivity contribution is 5.94. The zero-order valence-corrected chi connectivity index (χ0v) is 18.0. The van der Waals surface area contributed by atoms with Crippen molar-refractivity contribution < 1.29 is 22.8 Å². The van der Waals surface area contributed by atoms with Crippen molar-refractivity contribution in [2.75, 3.05) is 43.4 Å². The number of anilines is 2. The molecule has 2 aromatic carbocycles. The third-order valence-electron chi connectivity index (χ3n) is 5.30. The number of nitrogens with zero attached hydrogens (tertiary/aromatic N) is 2. The van der Waals surface area contributed by atoms with E-state index in [0.717, 1.165) is 24.7 Å². The lowest BCUT2D eigenvalue weighted by atomic mass is 10.1. The van der Waals surface area contributed by atoms with Crippen LogP contribution in [0.3, 0.4) is 0 Å². The Hall–Kier alpha value is -3.07. The smallest absolute Gasteiger partial charge is 0.243 e. The van der Waals surface area contributed by atoms with Crippen LogP contribution in [0.25, 0.3) is 0 Å². The van der Waals surface area contributed by atoms with Crippen molar-refractivity contribution in [1.82, 2.24) is 10.2 Å². The number of hydrogen-bond donors (Lipinski definition) is 2. The van der Waals surface area contributed by atoms with Crippen LogP contribution in [0.15, 0.2) is 36.4 Å². The molecule has 2 N–H and O–H groups in total. The minimum Gasteiger partial charge on any atom is -0.371 e. The second kappa shape index (κ2) is 11.0. The van der Waals surface area contributed by atoms with Crippen molar-refractivity contribution in [3.8, 4) is 0 Å². The Bertz CT molecular complexity index is 964. The van der Waals surface area contributed by atoms with E-state index >= 15 is 0 Å². The first-order valence-corrected chi connectivity index (χ1v) is 10.6. The van der Waals surface area contributed by atoms with E-state index in [1.807, 2.05) is 30.1 Å². The van der Waals surface area contributed by atoms with Gasteiger partial charge in [-0.15, -0.1) is 0 Å². The molecule has 0 saturated carbocycles. The molecule has 6 nitrogen and oxygen atoms in total. The van der Waals surface area contributed by atoms with Crippen molar-refractivity contribution in [3.05, 3.63) is 59.4 Å². The van der Waals surface area contributed by atoms with Gasteiger partial charge in [0, 0.05) is 25.3 Å². The van der Waals surface area contributed by atoms with Crippen LogP contribution >= 0.6 is 0 Å². The van der Waals surface area contributed by atoms with E-state index in [1.54, 1.807) is 0 Å². The highest BCUT2D eigenvalue weighted by Crippen LogP contribution is 2.25. The molecule has 3 rings (SSSR count). The second-order valence-corrected chi connectivity index (χ2v) is 7.90. The Balaban J connectivity index is 1.48. The van der Waals surface area contributed by atoms with Gasteiger partial charge in [-0.05, 0) is 50.1 Å². The summed E-state index contributed by atoms with van der Waals surface area (Å²) in [6, 6.07) is 9.75. The Kier molecular flexibility index (Phi) is 8.10. The SMILES string of the molecule is CN(CC(=O)NCC(=O)Nc1ccc(F)c(F)c1F)Cc1ccccc1N1CCCCC1. The number of carbonyl (C=O) groups is 2. The van der Waals surface area contributed by atoms with Crippen LogP contribution in [0.1, 0.15) is 24.8 Å². The van der Waals surface area contributed by atoms with Gasteiger partial charge < -0.3 is 15.5 Å². The summed E-state index contributed by atoms with van der Waals surface area (Å²) in [5.41, 5.74) is 1.80. The first-order valence-electron chi connectivity index (χ1n) is 10.6. The maximum Gasteiger partial charge on any atom is 0.243 e. The third kappa shape index (κ3) is 6.23. The number of para-hydroxylation sites is 1. The van der Waals surface area contributed by atoms with Crippen LogP contribution < -0.4 is 15.5 Å². The summed E-state index contributed by atoms with van der Waals surface area (Å²) in [5, 5.41) is 4.57. The Morgan fingerprint density at radius 3 is 2.44 bits per heavy atom. The van der Waals surface area contributed by atoms with Crippen LogP contribution in [-0.4, -0.2) is 49.9 Å². The Labute approximate surface area is 185 Å². The number of benzene rings is 2. The summed E-state index contributed by atoms with van der Waals surface area (Å²) >= 11 is 0. The predicted molar refractivity (Wildman–Crippen MR) is 117 cm³/mol. The van der Waals surface area contributed by atoms with E-state index in [-0.39, 0.29) is 12.5 Å². The topological polar surface area (TPSA) is 64.7 Å². The third-order valence-corrected chi connectivity index (χ3v) is 5.30. The predicted octanol–water partition coefficient (Wildman–Crippen LogP) is 3.28. The molecule has 0 atom stereocenters. The van der Waals surface area contributed by atoms with E-state index in [2.05, 4.69) is 21.6 Å². The van der Waals surface area contributed by atoms with E-state index in [9.17, 15) is 22.8 Å². The number of rotatable bonds is 8. The fourth-order valence-electron chi connectivity index (χ4n) is 3.73. The standard InChI is InChI=1S/C23H27F3N4O2/c1-29(14-16-7-3-4-8-19(16)30-11-5-2-6-12-30)15-21(32)27-13-20(31)28-18-10-9-17(24)22(25)23(18)26/h3-4,7-10H,2,5-6,11-15H2,1H3,(H,27,32)(H,28,31). The number of likely N-dealkylation sites (N-methyl/N-ethyl adjacent to an activating group) is 1. The van der Waals surface area contributed by atoms with Crippen LogP contribution in [0, 0.1) is 17.5 Å². The molecule has 1 saturated heterocycles. The molecule has 9 heteroatoms. The molecule has 1 fully saturated rings. The molecule has 0 spiro atoms. The lowest BCUT2D eigenvalue weighted by Crippen LogP contribution is -2.39. The normalized spacial score (nSPS) is 13.8. The van der Waals surface area contributed by atoms with Gasteiger partial charge in [0.15, 0.2) is 17.5 Å². The van der Waals surface area contributed by atoms with Crippen LogP contribution in [0.5, 0.6) is 0 Å². The number of hydrogen-bond acceptors (Lipinski definition) is 4. The van der Waals surface area contributed by atoms with Gasteiger partial charge in [-0.25, -0.2) is 13.2 Å². The van der Waals surface area contributed by atoms with Gasteiger partial charge in [0.05, 0.1) is 18.8 Å². The number of amides is 2. The Morgan fingerprint density at radius 1 is 0.969 bits per heavy atom. The van der Waals surface area contributed by atoms with Crippen molar-refractivity contribution in [3.63, 3.8) is 0 Å². The van der Waals surface area contributed by atoms with E-state index in [0.29, 0.717) is 12.6 Å². The lowest BCUT2D eigenvalue weighted by molar-refractivity contribution is -0.124. The van der Waals surface area contributed by atoms with Gasteiger partial charge in [-0.2, -0.15) is 0 Å². The van der Waals surface area contributed by atoms with Crippen LogP contribution in [-0.2, 0) is 16.1 Å². The van der Waals surface area contributed by atoms with Gasteiger partial charge in [0.2, 0.25) is 11.8 Å². The van der Waals surface area contributed by atoms with E-state index in [1.165, 1.54) is 24.9 Å². The fourth-order valence-corrected chi connectivity index (χ4v) is 3.73. The molecule has 1 heterocycles. The summed E-state index contributed by atoms with van der Waals surface area (Å²) in [6.45, 7) is 2.24. The number of nitrogens with one attached hydrogen (secondary N) is 2. The maximum atomic E-state index is 13.6. The van der Waals surface area contributed by atoms with Crippen molar-refractivity contribution >= 4 is 23.2 Å². The number of carbonyl (C=O) groups excluding carboxylic acids is 2. The van der Waals surface area contributed by atoms with Crippen LogP contribution in [0.4, 0.5) is 24.5 Å². The molecule has 2 amide bonds. The first-order chi connectivity index (χ1) is 15.3. The highest BCUT2D eigenvalue weighted by atomic mass is 19.2. The average molecular weight is 448 g/mol. The Morgan fingerprint density at radius 2 is 1.69 bits per heavy atom. The monoisotopic (exact) mass is 448 g/mol. The summed E-state index contributed by atoms with van der Waals surface area (Å²) in [6.07, 6.45) is 3.58. The van der Waals surface area contributed by atoms with Gasteiger partial charge >= 0.3 is 0 Å². The fraction of sp³-hybridized carbons (Fsp3) is 0.391. The molecule has 0 bridgehead atoms. The highest BCUT2D eigenvalue weighted by Gasteiger charge is 2.17. The maximum absolute atomic E-state index is 13.6. The van der Waals surface area contributed by atoms with Gasteiger partial charge in [-0.3, -0.25) is 14.5 Å². The van der Waals surface area contributed by atoms with E-state index < -0.39 is 35.6 Å². The molecule has 1 aliphatic heterocycles. The summed E-state index contributed by atoms with van der Waals surface area (Å²) < 4.78 is 39.9. The average Bonchev–Trinajstić information content (AvgIpc) is 2.79. The zero-order valence-electron chi connectivity index (χ0n) is 18.0. The molecule has 1 aliphatic rings. The summed E-state index contributed by atoms with van der Waals surface area (Å²) in [5.74, 6) is -5.64. The number of halogens is 3. The second-order valence-electron chi connectivity index (χ2n) is 7.90. The first kappa shape index (κ1) is 23.6. The molecule has 0 unspecified atom stereocenters. The zero-order chi connectivity index (χ0) is 23.1. The molecular formula is C23H27F3N4O2. The molecule has 32 heavy (non-hydrogen) atoms. The summed E-state index contributed by atoms with van der Waals surface area (Å²) in [7, 11) is 1.81. The minimum absolute atomic E-state index is 0.0567. The molecule has 0 aromatic heterocycles. The van der Waals surface area contributed by atoms with Gasteiger partial charge in [0.1, 0.15) is 0 Å². The van der Waals surface area contributed by atoms with Crippen molar-refractivity contribution in [1.29, 1.82) is 0 Å². The lowest BCUT2D eigenvalue weighted by Gasteiger charge is -2.31. The molecule has 0 radical (unpaired) electrons. The largest absolute Gasteiger partial charge is 0.371 e. The minimum atomic E-state index is -1.67. The van der Waals surface area contributed by atoms with E-state index in [4.69, 9.17) is 0 Å². The van der Waals surface area contributed by atoms with Crippen molar-refractivity contribution in [2.45, 2.75) is 25.8 Å². The molecule has 0 aliphatic carbocycles. The van der Waals surface area contributed by atoms with Crippen molar-refractivity contribution in [2.24, 2.45) is 0 Å². The van der Waals surface area contributed by atoms with Crippen LogP contribution in [0.2, 0.25) is 0 Å². The number of piperidine rings is 1. The molecule has 2 aromatic rings. The van der Waals surface area contributed by atoms with Gasteiger partial charge in [-0.1, -0.05) is 18.2 Å². The molecule has 172 valence electrons. The summed E-state index contributed by atoms with van der Waals surface area (Å²) in [4.78, 5) is 28.4. The van der Waals surface area contributed by atoms with Gasteiger partial charge in [0.25, 0.3) is 0 Å². The molecular weight excluding hydrogens is 421 g/mol.